The molecular weight excluding hydrogens is 296 g/mol. The van der Waals surface area contributed by atoms with E-state index in [1.807, 2.05) is 24.3 Å². The molecule has 1 atom stereocenters. The Labute approximate surface area is 134 Å². The van der Waals surface area contributed by atoms with Crippen molar-refractivity contribution in [2.75, 3.05) is 18.9 Å². The highest BCUT2D eigenvalue weighted by molar-refractivity contribution is 6.30. The van der Waals surface area contributed by atoms with E-state index in [0.717, 1.165) is 41.3 Å². The van der Waals surface area contributed by atoms with Crippen LogP contribution in [0.3, 0.4) is 0 Å². The first-order chi connectivity index (χ1) is 10.7. The minimum absolute atomic E-state index is 0.367. The molecule has 2 N–H and O–H groups in total. The monoisotopic (exact) mass is 312 g/mol. The maximum absolute atomic E-state index is 6.02. The summed E-state index contributed by atoms with van der Waals surface area (Å²) in [6.07, 6.45) is 1.04. The van der Waals surface area contributed by atoms with E-state index in [9.17, 15) is 0 Å². The summed E-state index contributed by atoms with van der Waals surface area (Å²) in [6.45, 7) is 1.58. The van der Waals surface area contributed by atoms with Crippen LogP contribution in [0.15, 0.2) is 48.5 Å². The molecule has 1 aliphatic rings. The Morgan fingerprint density at radius 3 is 2.64 bits per heavy atom. The highest BCUT2D eigenvalue weighted by Gasteiger charge is 2.22. The van der Waals surface area contributed by atoms with Gasteiger partial charge in [-0.1, -0.05) is 23.7 Å². The summed E-state index contributed by atoms with van der Waals surface area (Å²) in [5.41, 5.74) is 10.3. The van der Waals surface area contributed by atoms with Crippen LogP contribution in [0.2, 0.25) is 5.02 Å². The minimum atomic E-state index is 0.367. The predicted molar refractivity (Wildman–Crippen MR) is 91.3 cm³/mol. The largest absolute Gasteiger partial charge is 0.399 e. The quantitative estimate of drug-likeness (QED) is 0.707. The van der Waals surface area contributed by atoms with Gasteiger partial charge in [-0.15, -0.1) is 0 Å². The highest BCUT2D eigenvalue weighted by atomic mass is 35.5. The standard InChI is InChI=1S/C18H17ClN2O/c19-14-3-1-12(2-4-14)18-10-13-9-15(20)5-6-17(13)21(18)16-7-8-22-11-16/h1-6,9-10,16H,7-8,11,20H2/t16-/m0/s1. The number of ether oxygens (including phenoxy) is 1. The van der Waals surface area contributed by atoms with Gasteiger partial charge in [0.2, 0.25) is 0 Å². The molecular formula is C18H17ClN2O. The van der Waals surface area contributed by atoms with Gasteiger partial charge in [0.1, 0.15) is 0 Å². The molecule has 0 amide bonds. The normalized spacial score (nSPS) is 18.1. The number of nitrogens with zero attached hydrogens (tertiary/aromatic N) is 1. The first-order valence-electron chi connectivity index (χ1n) is 7.46. The average molecular weight is 313 g/mol. The molecule has 0 aliphatic carbocycles. The minimum Gasteiger partial charge on any atom is -0.399 e. The molecule has 1 saturated heterocycles. The van der Waals surface area contributed by atoms with E-state index in [2.05, 4.69) is 28.8 Å². The second-order valence-electron chi connectivity index (χ2n) is 5.74. The number of nitrogen functional groups attached to an aromatic ring is 1. The van der Waals surface area contributed by atoms with Gasteiger partial charge in [0.15, 0.2) is 0 Å². The predicted octanol–water partition coefficient (Wildman–Crippen LogP) is 4.51. The molecule has 3 aromatic rings. The Hall–Kier alpha value is -1.97. The third-order valence-corrected chi connectivity index (χ3v) is 4.53. The number of benzene rings is 2. The first kappa shape index (κ1) is 13.7. The number of fused-ring (bicyclic) bond motifs is 1. The van der Waals surface area contributed by atoms with Crippen molar-refractivity contribution in [3.63, 3.8) is 0 Å². The van der Waals surface area contributed by atoms with Crippen LogP contribution in [0.1, 0.15) is 12.5 Å². The van der Waals surface area contributed by atoms with Crippen LogP contribution in [0.4, 0.5) is 5.69 Å². The Kier molecular flexibility index (Phi) is 3.32. The number of hydrogen-bond acceptors (Lipinski definition) is 2. The van der Waals surface area contributed by atoms with Gasteiger partial charge in [0.05, 0.1) is 12.6 Å². The van der Waals surface area contributed by atoms with Gasteiger partial charge in [-0.3, -0.25) is 0 Å². The number of anilines is 1. The fourth-order valence-corrected chi connectivity index (χ4v) is 3.34. The molecule has 1 aromatic heterocycles. The number of aromatic nitrogens is 1. The van der Waals surface area contributed by atoms with Crippen molar-refractivity contribution in [2.45, 2.75) is 12.5 Å². The Morgan fingerprint density at radius 1 is 1.09 bits per heavy atom. The van der Waals surface area contributed by atoms with Gasteiger partial charge in [0, 0.05) is 33.9 Å². The molecule has 2 aromatic carbocycles. The second-order valence-corrected chi connectivity index (χ2v) is 6.18. The Bertz CT molecular complexity index is 817. The smallest absolute Gasteiger partial charge is 0.0675 e. The van der Waals surface area contributed by atoms with E-state index in [-0.39, 0.29) is 0 Å². The molecule has 4 rings (SSSR count). The summed E-state index contributed by atoms with van der Waals surface area (Å²) in [6, 6.07) is 16.6. The fraction of sp³-hybridized carbons (Fsp3) is 0.222. The van der Waals surface area contributed by atoms with E-state index in [1.165, 1.54) is 11.2 Å². The van der Waals surface area contributed by atoms with Crippen molar-refractivity contribution in [3.8, 4) is 11.3 Å². The zero-order chi connectivity index (χ0) is 15.1. The van der Waals surface area contributed by atoms with Gasteiger partial charge in [-0.05, 0) is 48.4 Å². The van der Waals surface area contributed by atoms with Gasteiger partial charge in [-0.2, -0.15) is 0 Å². The summed E-state index contributed by atoms with van der Waals surface area (Å²) >= 11 is 6.02. The van der Waals surface area contributed by atoms with Crippen LogP contribution in [-0.4, -0.2) is 17.8 Å². The van der Waals surface area contributed by atoms with Crippen LogP contribution in [-0.2, 0) is 4.74 Å². The SMILES string of the molecule is Nc1ccc2c(c1)cc(-c1ccc(Cl)cc1)n2[C@H]1CCOC1. The molecule has 0 bridgehead atoms. The zero-order valence-electron chi connectivity index (χ0n) is 12.1. The fourth-order valence-electron chi connectivity index (χ4n) is 3.22. The van der Waals surface area contributed by atoms with Crippen LogP contribution in [0, 0.1) is 0 Å². The summed E-state index contributed by atoms with van der Waals surface area (Å²) < 4.78 is 7.98. The maximum Gasteiger partial charge on any atom is 0.0675 e. The van der Waals surface area contributed by atoms with Crippen molar-refractivity contribution in [1.82, 2.24) is 4.57 Å². The molecule has 22 heavy (non-hydrogen) atoms. The van der Waals surface area contributed by atoms with Crippen LogP contribution in [0.5, 0.6) is 0 Å². The molecule has 3 nitrogen and oxygen atoms in total. The van der Waals surface area contributed by atoms with Crippen LogP contribution < -0.4 is 5.73 Å². The van der Waals surface area contributed by atoms with Crippen molar-refractivity contribution >= 4 is 28.2 Å². The number of hydrogen-bond donors (Lipinski definition) is 1. The molecule has 2 heterocycles. The average Bonchev–Trinajstić information content (AvgIpc) is 3.14. The summed E-state index contributed by atoms with van der Waals surface area (Å²) in [4.78, 5) is 0. The summed E-state index contributed by atoms with van der Waals surface area (Å²) in [5.74, 6) is 0. The number of nitrogens with two attached hydrogens (primary N) is 1. The molecule has 0 radical (unpaired) electrons. The summed E-state index contributed by atoms with van der Waals surface area (Å²) in [5, 5.41) is 1.91. The number of halogens is 1. The van der Waals surface area contributed by atoms with Crippen LogP contribution in [0.25, 0.3) is 22.2 Å². The lowest BCUT2D eigenvalue weighted by molar-refractivity contribution is 0.187. The third kappa shape index (κ3) is 2.27. The highest BCUT2D eigenvalue weighted by Crippen LogP contribution is 2.35. The van der Waals surface area contributed by atoms with Gasteiger partial charge >= 0.3 is 0 Å². The van der Waals surface area contributed by atoms with Crippen molar-refractivity contribution in [2.24, 2.45) is 0 Å². The van der Waals surface area contributed by atoms with Crippen LogP contribution >= 0.6 is 11.6 Å². The van der Waals surface area contributed by atoms with Crippen molar-refractivity contribution < 1.29 is 4.74 Å². The summed E-state index contributed by atoms with van der Waals surface area (Å²) in [7, 11) is 0. The first-order valence-corrected chi connectivity index (χ1v) is 7.84. The van der Waals surface area contributed by atoms with Gasteiger partial charge in [0.25, 0.3) is 0 Å². The van der Waals surface area contributed by atoms with Gasteiger partial charge < -0.3 is 15.0 Å². The lowest BCUT2D eigenvalue weighted by Crippen LogP contribution is -2.09. The molecule has 112 valence electrons. The maximum atomic E-state index is 6.02. The third-order valence-electron chi connectivity index (χ3n) is 4.27. The molecule has 4 heteroatoms. The molecule has 1 aliphatic heterocycles. The van der Waals surface area contributed by atoms with Crippen molar-refractivity contribution in [3.05, 3.63) is 53.6 Å². The van der Waals surface area contributed by atoms with E-state index >= 15 is 0 Å². The molecule has 1 fully saturated rings. The molecule has 0 spiro atoms. The lowest BCUT2D eigenvalue weighted by Gasteiger charge is -2.17. The second kappa shape index (κ2) is 5.34. The van der Waals surface area contributed by atoms with E-state index < -0.39 is 0 Å². The Balaban J connectivity index is 1.95. The van der Waals surface area contributed by atoms with E-state index in [1.54, 1.807) is 0 Å². The van der Waals surface area contributed by atoms with E-state index in [0.29, 0.717) is 6.04 Å². The lowest BCUT2D eigenvalue weighted by atomic mass is 10.1. The molecule has 0 unspecified atom stereocenters. The van der Waals surface area contributed by atoms with Crippen molar-refractivity contribution in [1.29, 1.82) is 0 Å². The van der Waals surface area contributed by atoms with E-state index in [4.69, 9.17) is 22.1 Å². The van der Waals surface area contributed by atoms with Gasteiger partial charge in [-0.25, -0.2) is 0 Å². The number of rotatable bonds is 2. The zero-order valence-corrected chi connectivity index (χ0v) is 12.9. The topological polar surface area (TPSA) is 40.2 Å². The molecule has 0 saturated carbocycles. The Morgan fingerprint density at radius 2 is 1.91 bits per heavy atom.